The summed E-state index contributed by atoms with van der Waals surface area (Å²) in [5.74, 6) is 0.328. The Balaban J connectivity index is 2.30. The van der Waals surface area contributed by atoms with Gasteiger partial charge in [0.05, 0.1) is 12.7 Å². The van der Waals surface area contributed by atoms with E-state index in [4.69, 9.17) is 15.0 Å². The Morgan fingerprint density at radius 3 is 2.54 bits per heavy atom. The van der Waals surface area contributed by atoms with Gasteiger partial charge in [0.15, 0.2) is 5.82 Å². The van der Waals surface area contributed by atoms with E-state index in [-0.39, 0.29) is 13.0 Å². The minimum atomic E-state index is -1.40. The zero-order valence-electron chi connectivity index (χ0n) is 15.9. The van der Waals surface area contributed by atoms with Gasteiger partial charge in [0, 0.05) is 12.8 Å². The molecule has 8 heteroatoms. The Hall–Kier alpha value is -1.51. The molecule has 26 heavy (non-hydrogen) atoms. The van der Waals surface area contributed by atoms with E-state index in [0.717, 1.165) is 19.3 Å². The van der Waals surface area contributed by atoms with Crippen LogP contribution in [0.5, 0.6) is 0 Å². The minimum absolute atomic E-state index is 0.160. The van der Waals surface area contributed by atoms with Crippen LogP contribution in [0.25, 0.3) is 0 Å². The molecular formula is C18H33N3O5. The number of aliphatic hydroxyl groups excluding tert-OH is 2. The third-order valence-corrected chi connectivity index (χ3v) is 4.24. The lowest BCUT2D eigenvalue weighted by molar-refractivity contribution is -0.149. The lowest BCUT2D eigenvalue weighted by Crippen LogP contribution is -2.49. The van der Waals surface area contributed by atoms with E-state index in [1.807, 2.05) is 0 Å². The number of esters is 1. The first-order valence-corrected chi connectivity index (χ1v) is 9.59. The van der Waals surface area contributed by atoms with Gasteiger partial charge in [-0.2, -0.15) is 4.98 Å². The second-order valence-corrected chi connectivity index (χ2v) is 6.50. The number of ether oxygens (including phenoxy) is 1. The average molecular weight is 371 g/mol. The van der Waals surface area contributed by atoms with Crippen molar-refractivity contribution in [1.82, 2.24) is 10.1 Å². The molecule has 0 radical (unpaired) electrons. The van der Waals surface area contributed by atoms with E-state index in [2.05, 4.69) is 17.1 Å². The van der Waals surface area contributed by atoms with Crippen LogP contribution in [0.1, 0.15) is 70.5 Å². The van der Waals surface area contributed by atoms with E-state index in [1.54, 1.807) is 6.92 Å². The molecule has 4 N–H and O–H groups in total. The van der Waals surface area contributed by atoms with Crippen LogP contribution in [-0.2, 0) is 22.4 Å². The molecule has 1 aromatic heterocycles. The standard InChI is InChI=1S/C18H33N3O5/c1-3-5-6-7-8-9-10-14-20-15(26-21-14)12-11-13(22)17(23)16(19)18(24)25-4-2/h13,16-17,22-23H,3-12,19H2,1-2H3. The normalized spacial score (nSPS) is 14.8. The molecule has 3 atom stereocenters. The molecular weight excluding hydrogens is 338 g/mol. The summed E-state index contributed by atoms with van der Waals surface area (Å²) in [7, 11) is 0. The molecule has 0 amide bonds. The van der Waals surface area contributed by atoms with Crippen molar-refractivity contribution in [2.75, 3.05) is 6.61 Å². The highest BCUT2D eigenvalue weighted by atomic mass is 16.5. The number of rotatable bonds is 14. The first-order chi connectivity index (χ1) is 12.5. The van der Waals surface area contributed by atoms with Crippen molar-refractivity contribution in [2.45, 2.75) is 89.9 Å². The van der Waals surface area contributed by atoms with Gasteiger partial charge in [-0.15, -0.1) is 0 Å². The number of aromatic nitrogens is 2. The number of hydrogen-bond acceptors (Lipinski definition) is 8. The Kier molecular flexibility index (Phi) is 11.1. The van der Waals surface area contributed by atoms with Crippen LogP contribution < -0.4 is 5.73 Å². The smallest absolute Gasteiger partial charge is 0.325 e. The summed E-state index contributed by atoms with van der Waals surface area (Å²) in [6, 6.07) is -1.28. The third-order valence-electron chi connectivity index (χ3n) is 4.24. The van der Waals surface area contributed by atoms with Crippen molar-refractivity contribution in [2.24, 2.45) is 5.73 Å². The van der Waals surface area contributed by atoms with Gasteiger partial charge in [-0.05, 0) is 19.8 Å². The zero-order chi connectivity index (χ0) is 19.4. The summed E-state index contributed by atoms with van der Waals surface area (Å²) in [4.78, 5) is 15.8. The molecule has 0 fully saturated rings. The molecule has 0 saturated heterocycles. The number of nitrogens with zero attached hydrogens (tertiary/aromatic N) is 2. The predicted octanol–water partition coefficient (Wildman–Crippen LogP) is 1.52. The molecule has 1 heterocycles. The van der Waals surface area contributed by atoms with Gasteiger partial charge in [-0.3, -0.25) is 4.79 Å². The summed E-state index contributed by atoms with van der Waals surface area (Å²) in [5.41, 5.74) is 5.58. The van der Waals surface area contributed by atoms with Gasteiger partial charge in [0.2, 0.25) is 5.89 Å². The molecule has 0 aliphatic heterocycles. The fourth-order valence-corrected chi connectivity index (χ4v) is 2.62. The highest BCUT2D eigenvalue weighted by molar-refractivity contribution is 5.76. The Labute approximate surface area is 155 Å². The topological polar surface area (TPSA) is 132 Å². The number of aliphatic hydroxyl groups is 2. The highest BCUT2D eigenvalue weighted by Crippen LogP contribution is 2.11. The van der Waals surface area contributed by atoms with Crippen molar-refractivity contribution < 1.29 is 24.3 Å². The van der Waals surface area contributed by atoms with Crippen LogP contribution in [-0.4, -0.2) is 51.2 Å². The van der Waals surface area contributed by atoms with Crippen molar-refractivity contribution >= 4 is 5.97 Å². The first-order valence-electron chi connectivity index (χ1n) is 9.59. The van der Waals surface area contributed by atoms with Gasteiger partial charge in [0.25, 0.3) is 0 Å². The molecule has 0 spiro atoms. The van der Waals surface area contributed by atoms with Crippen molar-refractivity contribution in [3.63, 3.8) is 0 Å². The van der Waals surface area contributed by atoms with E-state index in [0.29, 0.717) is 18.1 Å². The largest absolute Gasteiger partial charge is 0.465 e. The number of carbonyl (C=O) groups is 1. The van der Waals surface area contributed by atoms with Crippen LogP contribution in [0.3, 0.4) is 0 Å². The summed E-state index contributed by atoms with van der Waals surface area (Å²) < 4.78 is 9.89. The monoisotopic (exact) mass is 371 g/mol. The van der Waals surface area contributed by atoms with Crippen LogP contribution in [0.4, 0.5) is 0 Å². The van der Waals surface area contributed by atoms with Crippen LogP contribution in [0.15, 0.2) is 4.52 Å². The van der Waals surface area contributed by atoms with E-state index < -0.39 is 24.2 Å². The zero-order valence-corrected chi connectivity index (χ0v) is 15.9. The third kappa shape index (κ3) is 8.25. The number of carbonyl (C=O) groups excluding carboxylic acids is 1. The summed E-state index contributed by atoms with van der Waals surface area (Å²) in [5, 5.41) is 23.9. The van der Waals surface area contributed by atoms with Gasteiger partial charge < -0.3 is 25.2 Å². The molecule has 150 valence electrons. The molecule has 0 aliphatic carbocycles. The second kappa shape index (κ2) is 12.8. The molecule has 0 aliphatic rings. The lowest BCUT2D eigenvalue weighted by atomic mass is 10.0. The molecule has 0 bridgehead atoms. The maximum atomic E-state index is 11.5. The SMILES string of the molecule is CCCCCCCCc1noc(CCC(O)C(O)C(N)C(=O)OCC)n1. The fourth-order valence-electron chi connectivity index (χ4n) is 2.62. The first kappa shape index (κ1) is 22.5. The summed E-state index contributed by atoms with van der Waals surface area (Å²) in [6.07, 6.45) is 5.84. The van der Waals surface area contributed by atoms with Crippen LogP contribution in [0, 0.1) is 0 Å². The Bertz CT molecular complexity index is 509. The number of aryl methyl sites for hydroxylation is 2. The summed E-state index contributed by atoms with van der Waals surface area (Å²) >= 11 is 0. The lowest BCUT2D eigenvalue weighted by Gasteiger charge is -2.21. The molecule has 0 aromatic carbocycles. The van der Waals surface area contributed by atoms with E-state index >= 15 is 0 Å². The van der Waals surface area contributed by atoms with Crippen molar-refractivity contribution in [3.05, 3.63) is 11.7 Å². The maximum absolute atomic E-state index is 11.5. The molecule has 1 aromatic rings. The molecule has 0 saturated carbocycles. The predicted molar refractivity (Wildman–Crippen MR) is 96.3 cm³/mol. The van der Waals surface area contributed by atoms with Crippen LogP contribution >= 0.6 is 0 Å². The minimum Gasteiger partial charge on any atom is -0.465 e. The van der Waals surface area contributed by atoms with Gasteiger partial charge in [0.1, 0.15) is 12.1 Å². The molecule has 8 nitrogen and oxygen atoms in total. The average Bonchev–Trinajstić information content (AvgIpc) is 3.09. The number of unbranched alkanes of at least 4 members (excludes halogenated alkanes) is 5. The van der Waals surface area contributed by atoms with Gasteiger partial charge >= 0.3 is 5.97 Å². The Morgan fingerprint density at radius 1 is 1.15 bits per heavy atom. The van der Waals surface area contributed by atoms with E-state index in [1.165, 1.54) is 25.7 Å². The van der Waals surface area contributed by atoms with Gasteiger partial charge in [-0.25, -0.2) is 0 Å². The van der Waals surface area contributed by atoms with Crippen LogP contribution in [0.2, 0.25) is 0 Å². The Morgan fingerprint density at radius 2 is 1.85 bits per heavy atom. The van der Waals surface area contributed by atoms with Crippen molar-refractivity contribution in [1.29, 1.82) is 0 Å². The number of nitrogens with two attached hydrogens (primary N) is 1. The van der Waals surface area contributed by atoms with E-state index in [9.17, 15) is 15.0 Å². The molecule has 1 rings (SSSR count). The van der Waals surface area contributed by atoms with Crippen molar-refractivity contribution in [3.8, 4) is 0 Å². The quantitative estimate of drug-likeness (QED) is 0.331. The summed E-state index contributed by atoms with van der Waals surface area (Å²) in [6.45, 7) is 4.01. The fraction of sp³-hybridized carbons (Fsp3) is 0.833. The highest BCUT2D eigenvalue weighted by Gasteiger charge is 2.30. The second-order valence-electron chi connectivity index (χ2n) is 6.50. The molecule has 3 unspecified atom stereocenters. The maximum Gasteiger partial charge on any atom is 0.325 e. The number of hydrogen-bond donors (Lipinski definition) is 3. The van der Waals surface area contributed by atoms with Gasteiger partial charge in [-0.1, -0.05) is 44.2 Å².